The number of halogens is 1. The first-order valence-electron chi connectivity index (χ1n) is 9.39. The van der Waals surface area contributed by atoms with Gasteiger partial charge in [-0.05, 0) is 47.2 Å². The zero-order valence-corrected chi connectivity index (χ0v) is 19.3. The summed E-state index contributed by atoms with van der Waals surface area (Å²) in [6.45, 7) is 2.09. The van der Waals surface area contributed by atoms with Crippen LogP contribution in [0, 0.1) is 0 Å². The van der Waals surface area contributed by atoms with Crippen molar-refractivity contribution in [2.45, 2.75) is 24.3 Å². The number of rotatable bonds is 7. The lowest BCUT2D eigenvalue weighted by Crippen LogP contribution is -2.29. The molecule has 5 nitrogen and oxygen atoms in total. The molecular weight excluding hydrogens is 440 g/mol. The Balaban J connectivity index is 1.97. The summed E-state index contributed by atoms with van der Waals surface area (Å²) < 4.78 is 26.0. The van der Waals surface area contributed by atoms with Gasteiger partial charge in [-0.3, -0.25) is 4.79 Å². The maximum atomic E-state index is 13.1. The van der Waals surface area contributed by atoms with Gasteiger partial charge in [-0.25, -0.2) is 12.7 Å². The molecule has 1 amide bonds. The Morgan fingerprint density at radius 3 is 2.40 bits per heavy atom. The Bertz CT molecular complexity index is 1130. The highest BCUT2D eigenvalue weighted by molar-refractivity contribution is 7.89. The van der Waals surface area contributed by atoms with Crippen molar-refractivity contribution in [3.05, 3.63) is 86.6 Å². The SMILES string of the molecule is CCc1ccc(C(NC(=O)c2cc(S(=O)(=O)N(C)C)ccc2Cl)c2cccs2)cc1. The zero-order chi connectivity index (χ0) is 21.9. The lowest BCUT2D eigenvalue weighted by Gasteiger charge is -2.19. The van der Waals surface area contributed by atoms with Crippen LogP contribution >= 0.6 is 22.9 Å². The van der Waals surface area contributed by atoms with E-state index in [4.69, 9.17) is 11.6 Å². The van der Waals surface area contributed by atoms with Crippen molar-refractivity contribution in [3.8, 4) is 0 Å². The zero-order valence-electron chi connectivity index (χ0n) is 16.9. The molecule has 3 aromatic rings. The van der Waals surface area contributed by atoms with E-state index >= 15 is 0 Å². The highest BCUT2D eigenvalue weighted by atomic mass is 35.5. The molecule has 0 aliphatic carbocycles. The highest BCUT2D eigenvalue weighted by Crippen LogP contribution is 2.28. The number of carbonyl (C=O) groups is 1. The number of carbonyl (C=O) groups excluding carboxylic acids is 1. The van der Waals surface area contributed by atoms with Gasteiger partial charge in [0.05, 0.1) is 21.5 Å². The molecular formula is C22H23ClN2O3S2. The van der Waals surface area contributed by atoms with Gasteiger partial charge in [0.25, 0.3) is 5.91 Å². The number of nitrogens with zero attached hydrogens (tertiary/aromatic N) is 1. The van der Waals surface area contributed by atoms with Gasteiger partial charge in [-0.1, -0.05) is 48.9 Å². The lowest BCUT2D eigenvalue weighted by atomic mass is 10.0. The van der Waals surface area contributed by atoms with Gasteiger partial charge >= 0.3 is 0 Å². The van der Waals surface area contributed by atoms with E-state index in [-0.39, 0.29) is 21.5 Å². The molecule has 8 heteroatoms. The second kappa shape index (κ2) is 9.31. The molecule has 30 heavy (non-hydrogen) atoms. The van der Waals surface area contributed by atoms with Crippen molar-refractivity contribution < 1.29 is 13.2 Å². The van der Waals surface area contributed by atoms with Crippen LogP contribution in [0.4, 0.5) is 0 Å². The van der Waals surface area contributed by atoms with Gasteiger partial charge in [0.15, 0.2) is 0 Å². The van der Waals surface area contributed by atoms with E-state index in [9.17, 15) is 13.2 Å². The first-order valence-corrected chi connectivity index (χ1v) is 12.1. The third-order valence-corrected chi connectivity index (χ3v) is 7.86. The largest absolute Gasteiger partial charge is 0.340 e. The maximum absolute atomic E-state index is 13.1. The van der Waals surface area contributed by atoms with E-state index in [0.29, 0.717) is 0 Å². The molecule has 3 rings (SSSR count). The molecule has 158 valence electrons. The van der Waals surface area contributed by atoms with Crippen molar-refractivity contribution in [3.63, 3.8) is 0 Å². The third kappa shape index (κ3) is 4.75. The summed E-state index contributed by atoms with van der Waals surface area (Å²) in [5.74, 6) is -0.436. The van der Waals surface area contributed by atoms with Crippen LogP contribution < -0.4 is 5.32 Å². The molecule has 0 fully saturated rings. The third-order valence-electron chi connectivity index (χ3n) is 4.79. The molecule has 0 aliphatic heterocycles. The molecule has 0 bridgehead atoms. The predicted molar refractivity (Wildman–Crippen MR) is 122 cm³/mol. The average molecular weight is 463 g/mol. The Labute approximate surface area is 186 Å². The molecule has 1 heterocycles. The van der Waals surface area contributed by atoms with Crippen molar-refractivity contribution in [1.29, 1.82) is 0 Å². The first-order chi connectivity index (χ1) is 14.2. The van der Waals surface area contributed by atoms with Crippen molar-refractivity contribution >= 4 is 38.9 Å². The summed E-state index contributed by atoms with van der Waals surface area (Å²) in [5.41, 5.74) is 2.27. The maximum Gasteiger partial charge on any atom is 0.253 e. The normalized spacial score (nSPS) is 12.7. The number of thiophene rings is 1. The van der Waals surface area contributed by atoms with Crippen LogP contribution in [-0.2, 0) is 16.4 Å². The fourth-order valence-electron chi connectivity index (χ4n) is 2.98. The van der Waals surface area contributed by atoms with Gasteiger partial charge in [0.1, 0.15) is 0 Å². The molecule has 1 N–H and O–H groups in total. The number of hydrogen-bond acceptors (Lipinski definition) is 4. The Hall–Kier alpha value is -2.19. The smallest absolute Gasteiger partial charge is 0.253 e. The Morgan fingerprint density at radius 1 is 1.13 bits per heavy atom. The molecule has 1 atom stereocenters. The van der Waals surface area contributed by atoms with Gasteiger partial charge in [-0.2, -0.15) is 0 Å². The second-order valence-electron chi connectivity index (χ2n) is 6.95. The molecule has 2 aromatic carbocycles. The van der Waals surface area contributed by atoms with E-state index in [1.165, 1.54) is 49.2 Å². The van der Waals surface area contributed by atoms with Crippen molar-refractivity contribution in [2.24, 2.45) is 0 Å². The fraction of sp³-hybridized carbons (Fsp3) is 0.227. The Morgan fingerprint density at radius 2 is 1.83 bits per heavy atom. The van der Waals surface area contributed by atoms with Crippen LogP contribution in [0.2, 0.25) is 5.02 Å². The predicted octanol–water partition coefficient (Wildman–Crippen LogP) is 4.73. The number of benzene rings is 2. The van der Waals surface area contributed by atoms with E-state index in [2.05, 4.69) is 12.2 Å². The van der Waals surface area contributed by atoms with Gasteiger partial charge in [0, 0.05) is 19.0 Å². The van der Waals surface area contributed by atoms with Crippen molar-refractivity contribution in [2.75, 3.05) is 14.1 Å². The average Bonchev–Trinajstić information content (AvgIpc) is 3.26. The minimum Gasteiger partial charge on any atom is -0.340 e. The first kappa shape index (κ1) is 22.5. The Kier molecular flexibility index (Phi) is 6.98. The van der Waals surface area contributed by atoms with Crippen LogP contribution in [-0.4, -0.2) is 32.7 Å². The van der Waals surface area contributed by atoms with Gasteiger partial charge in [-0.15, -0.1) is 11.3 Å². The number of aryl methyl sites for hydroxylation is 1. The monoisotopic (exact) mass is 462 g/mol. The topological polar surface area (TPSA) is 66.5 Å². The van der Waals surface area contributed by atoms with Gasteiger partial charge in [0.2, 0.25) is 10.0 Å². The van der Waals surface area contributed by atoms with Crippen LogP contribution in [0.1, 0.15) is 39.3 Å². The minimum atomic E-state index is -3.68. The minimum absolute atomic E-state index is 0.0158. The van der Waals surface area contributed by atoms with E-state index in [1.54, 1.807) is 0 Å². The van der Waals surface area contributed by atoms with E-state index < -0.39 is 15.9 Å². The number of nitrogens with one attached hydrogen (secondary N) is 1. The van der Waals surface area contributed by atoms with Crippen LogP contribution in [0.25, 0.3) is 0 Å². The summed E-state index contributed by atoms with van der Waals surface area (Å²) in [6, 6.07) is 15.7. The molecule has 0 spiro atoms. The molecule has 0 radical (unpaired) electrons. The number of sulfonamides is 1. The van der Waals surface area contributed by atoms with Crippen LogP contribution in [0.15, 0.2) is 64.9 Å². The standard InChI is InChI=1S/C22H23ClN2O3S2/c1-4-15-7-9-16(10-8-15)21(20-6-5-13-29-20)24-22(26)18-14-17(11-12-19(18)23)30(27,28)25(2)3/h5-14,21H,4H2,1-3H3,(H,24,26). The molecule has 1 unspecified atom stereocenters. The summed E-state index contributed by atoms with van der Waals surface area (Å²) in [6.07, 6.45) is 0.930. The van der Waals surface area contributed by atoms with Gasteiger partial charge < -0.3 is 5.32 Å². The summed E-state index contributed by atoms with van der Waals surface area (Å²) >= 11 is 7.79. The quantitative estimate of drug-likeness (QED) is 0.551. The van der Waals surface area contributed by atoms with E-state index in [1.807, 2.05) is 41.8 Å². The van der Waals surface area contributed by atoms with E-state index in [0.717, 1.165) is 21.2 Å². The van der Waals surface area contributed by atoms with Crippen LogP contribution in [0.5, 0.6) is 0 Å². The number of hydrogen-bond donors (Lipinski definition) is 1. The molecule has 0 saturated heterocycles. The highest BCUT2D eigenvalue weighted by Gasteiger charge is 2.23. The number of amides is 1. The fourth-order valence-corrected chi connectivity index (χ4v) is 4.91. The molecule has 0 saturated carbocycles. The second-order valence-corrected chi connectivity index (χ2v) is 10.5. The van der Waals surface area contributed by atoms with Crippen molar-refractivity contribution in [1.82, 2.24) is 9.62 Å². The lowest BCUT2D eigenvalue weighted by molar-refractivity contribution is 0.0943. The molecule has 1 aromatic heterocycles. The molecule has 0 aliphatic rings. The summed E-state index contributed by atoms with van der Waals surface area (Å²) in [7, 11) is -0.803. The van der Waals surface area contributed by atoms with Crippen LogP contribution in [0.3, 0.4) is 0 Å². The summed E-state index contributed by atoms with van der Waals surface area (Å²) in [5, 5.41) is 5.16. The summed E-state index contributed by atoms with van der Waals surface area (Å²) in [4.78, 5) is 14.1.